The second kappa shape index (κ2) is 11.7. The van der Waals surface area contributed by atoms with Crippen LogP contribution in [-0.4, -0.2) is 65.0 Å². The summed E-state index contributed by atoms with van der Waals surface area (Å²) in [4.78, 5) is 41.2. The second-order valence-corrected chi connectivity index (χ2v) is 13.5. The highest BCUT2D eigenvalue weighted by Gasteiger charge is 2.71. The van der Waals surface area contributed by atoms with Gasteiger partial charge in [0, 0.05) is 29.9 Å². The lowest BCUT2D eigenvalue weighted by Gasteiger charge is -2.43. The molecule has 3 aliphatic rings. The van der Waals surface area contributed by atoms with Gasteiger partial charge in [0.25, 0.3) is 0 Å². The lowest BCUT2D eigenvalue weighted by molar-refractivity contribution is -0.128. The molecule has 234 valence electrons. The van der Waals surface area contributed by atoms with E-state index in [-0.39, 0.29) is 69.9 Å². The number of benzene rings is 1. The molecule has 1 aromatic carbocycles. The number of esters is 2. The lowest BCUT2D eigenvalue weighted by atomic mass is 9.59. The summed E-state index contributed by atoms with van der Waals surface area (Å²) in [7, 11) is 6.74. The van der Waals surface area contributed by atoms with Crippen LogP contribution in [0.4, 0.5) is 0 Å². The first-order valence-electron chi connectivity index (χ1n) is 15.0. The molecule has 3 aliphatic carbocycles. The van der Waals surface area contributed by atoms with Crippen molar-refractivity contribution >= 4 is 17.7 Å². The predicted octanol–water partition coefficient (Wildman–Crippen LogP) is 5.30. The Morgan fingerprint density at radius 1 is 0.857 bits per heavy atom. The molecule has 0 aromatic heterocycles. The van der Waals surface area contributed by atoms with Gasteiger partial charge in [-0.2, -0.15) is 0 Å². The van der Waals surface area contributed by atoms with Crippen LogP contribution < -0.4 is 14.2 Å². The highest BCUT2D eigenvalue weighted by molar-refractivity contribution is 6.05. The van der Waals surface area contributed by atoms with Gasteiger partial charge < -0.3 is 28.8 Å². The van der Waals surface area contributed by atoms with Crippen LogP contribution in [0.1, 0.15) is 92.5 Å². The van der Waals surface area contributed by atoms with E-state index in [1.807, 2.05) is 0 Å². The fourth-order valence-electron chi connectivity index (χ4n) is 8.96. The van der Waals surface area contributed by atoms with Gasteiger partial charge in [0.2, 0.25) is 0 Å². The first-order chi connectivity index (χ1) is 19.8. The zero-order valence-corrected chi connectivity index (χ0v) is 26.8. The van der Waals surface area contributed by atoms with Crippen molar-refractivity contribution in [3.05, 3.63) is 16.7 Å². The Kier molecular flexibility index (Phi) is 8.95. The van der Waals surface area contributed by atoms with Gasteiger partial charge >= 0.3 is 11.9 Å². The number of carbonyl (C=O) groups excluding carboxylic acids is 3. The smallest absolute Gasteiger partial charge is 0.345 e. The normalized spacial score (nSPS) is 30.1. The topological polar surface area (TPSA) is 118 Å². The molecule has 42 heavy (non-hydrogen) atoms. The number of carbonyl (C=O) groups is 3. The number of Topliss-reactive ketones (excluding diaryl/α,β-unsaturated/α-hetero) is 1. The van der Waals surface area contributed by atoms with Crippen molar-refractivity contribution in [3.8, 4) is 17.2 Å². The molecule has 0 amide bonds. The number of hydrogen-bond donors (Lipinski definition) is 1. The number of ketones is 1. The van der Waals surface area contributed by atoms with Crippen LogP contribution in [-0.2, 0) is 14.3 Å². The summed E-state index contributed by atoms with van der Waals surface area (Å²) < 4.78 is 27.9. The van der Waals surface area contributed by atoms with Crippen molar-refractivity contribution in [1.29, 1.82) is 0 Å². The van der Waals surface area contributed by atoms with Crippen LogP contribution in [0.15, 0.2) is 0 Å². The van der Waals surface area contributed by atoms with E-state index in [2.05, 4.69) is 34.6 Å². The van der Waals surface area contributed by atoms with Gasteiger partial charge in [0.1, 0.15) is 28.4 Å². The van der Waals surface area contributed by atoms with Gasteiger partial charge in [-0.05, 0) is 60.2 Å². The number of ether oxygens (including phenoxy) is 5. The largest absolute Gasteiger partial charge is 0.495 e. The van der Waals surface area contributed by atoms with Crippen LogP contribution in [0.25, 0.3) is 0 Å². The Morgan fingerprint density at radius 3 is 1.81 bits per heavy atom. The maximum absolute atomic E-state index is 14.5. The number of methoxy groups -OCH3 is 5. The Hall–Kier alpha value is -2.81. The van der Waals surface area contributed by atoms with Gasteiger partial charge in [0.15, 0.2) is 5.75 Å². The predicted molar refractivity (Wildman–Crippen MR) is 156 cm³/mol. The highest BCUT2D eigenvalue weighted by Crippen LogP contribution is 2.75. The van der Waals surface area contributed by atoms with Gasteiger partial charge in [-0.15, -0.1) is 0 Å². The van der Waals surface area contributed by atoms with Crippen LogP contribution in [0.5, 0.6) is 17.2 Å². The minimum Gasteiger partial charge on any atom is -0.495 e. The van der Waals surface area contributed by atoms with E-state index < -0.39 is 23.3 Å². The lowest BCUT2D eigenvalue weighted by Crippen LogP contribution is -2.41. The molecule has 0 spiro atoms. The molecular weight excluding hydrogens is 540 g/mol. The van der Waals surface area contributed by atoms with Gasteiger partial charge in [-0.3, -0.25) is 4.79 Å². The van der Waals surface area contributed by atoms with Crippen molar-refractivity contribution in [2.24, 2.45) is 46.3 Å². The molecule has 0 unspecified atom stereocenters. The number of aliphatic hydroxyl groups excluding tert-OH is 1. The Bertz CT molecular complexity index is 1190. The SMILES string of the molecule is COC(=O)c1c(OC)c(C(=O)OC)c(OC)c([C@H](CC(C)C)[C@@]2(C)C(=O)C[C@H]3[C@@H](CO)CC[C@@H]4[C@H]([C@@H]32)C4(C)C)c1OC. The van der Waals surface area contributed by atoms with Crippen molar-refractivity contribution in [2.75, 3.05) is 42.2 Å². The van der Waals surface area contributed by atoms with E-state index in [4.69, 9.17) is 23.7 Å². The van der Waals surface area contributed by atoms with Crippen LogP contribution in [0, 0.1) is 46.3 Å². The number of aliphatic hydroxyl groups is 1. The van der Waals surface area contributed by atoms with Crippen molar-refractivity contribution in [1.82, 2.24) is 0 Å². The minimum atomic E-state index is -0.890. The molecule has 1 aromatic rings. The van der Waals surface area contributed by atoms with Crippen molar-refractivity contribution in [2.45, 2.75) is 66.2 Å². The molecule has 0 aliphatic heterocycles. The summed E-state index contributed by atoms with van der Waals surface area (Å²) in [5, 5.41) is 10.5. The first-order valence-corrected chi connectivity index (χ1v) is 15.0. The summed E-state index contributed by atoms with van der Waals surface area (Å²) in [6.07, 6.45) is 2.87. The van der Waals surface area contributed by atoms with Crippen LogP contribution >= 0.6 is 0 Å². The van der Waals surface area contributed by atoms with Gasteiger partial charge in [-0.25, -0.2) is 9.59 Å². The van der Waals surface area contributed by atoms with E-state index in [1.165, 1.54) is 35.5 Å². The fourth-order valence-corrected chi connectivity index (χ4v) is 8.96. The number of rotatable bonds is 10. The molecule has 9 heteroatoms. The highest BCUT2D eigenvalue weighted by atomic mass is 16.5. The number of fused-ring (bicyclic) bond motifs is 3. The molecule has 0 radical (unpaired) electrons. The van der Waals surface area contributed by atoms with Crippen molar-refractivity contribution < 1.29 is 43.2 Å². The average molecular weight is 589 g/mol. The second-order valence-electron chi connectivity index (χ2n) is 13.5. The zero-order valence-electron chi connectivity index (χ0n) is 26.8. The average Bonchev–Trinajstić information content (AvgIpc) is 3.47. The maximum Gasteiger partial charge on any atom is 0.345 e. The monoisotopic (exact) mass is 588 g/mol. The maximum atomic E-state index is 14.5. The summed E-state index contributed by atoms with van der Waals surface area (Å²) >= 11 is 0. The molecule has 3 fully saturated rings. The Balaban J connectivity index is 2.11. The van der Waals surface area contributed by atoms with Crippen molar-refractivity contribution in [3.63, 3.8) is 0 Å². The van der Waals surface area contributed by atoms with Crippen LogP contribution in [0.2, 0.25) is 0 Å². The molecule has 7 atom stereocenters. The Morgan fingerprint density at radius 2 is 1.38 bits per heavy atom. The Labute approximate surface area is 249 Å². The molecule has 0 saturated heterocycles. The third-order valence-electron chi connectivity index (χ3n) is 11.0. The summed E-state index contributed by atoms with van der Waals surface area (Å²) in [5.41, 5.74) is -0.473. The first kappa shape index (κ1) is 32.1. The van der Waals surface area contributed by atoms with E-state index in [9.17, 15) is 19.5 Å². The molecule has 1 N–H and O–H groups in total. The third kappa shape index (κ3) is 4.66. The number of hydrogen-bond acceptors (Lipinski definition) is 9. The summed E-state index contributed by atoms with van der Waals surface area (Å²) in [6.45, 7) is 10.9. The van der Waals surface area contributed by atoms with Crippen LogP contribution in [0.3, 0.4) is 0 Å². The fraction of sp³-hybridized carbons (Fsp3) is 0.727. The standard InChI is InChI=1S/C33H48O9/c1-16(2)13-20(33(5)21(35)14-18-17(15-34)11-12-19-26(25(18)33)32(19,3)4)22-27(38-6)23(30(36)41-9)29(40-8)24(28(22)39-7)31(37)42-10/h16-20,25-26,34H,11-15H2,1-10H3/t17-,18+,19-,20+,25-,26-,33+/m1/s1. The molecule has 0 heterocycles. The van der Waals surface area contributed by atoms with E-state index in [0.29, 0.717) is 30.2 Å². The molecule has 9 nitrogen and oxygen atoms in total. The van der Waals surface area contributed by atoms with E-state index in [1.54, 1.807) is 0 Å². The molecule has 0 bridgehead atoms. The molecule has 3 saturated carbocycles. The zero-order chi connectivity index (χ0) is 31.3. The van der Waals surface area contributed by atoms with Gasteiger partial charge in [0.05, 0.1) is 35.5 Å². The quantitative estimate of drug-likeness (QED) is 0.363. The van der Waals surface area contributed by atoms with E-state index in [0.717, 1.165) is 12.8 Å². The minimum absolute atomic E-state index is 0.00642. The molecule has 4 rings (SSSR count). The third-order valence-corrected chi connectivity index (χ3v) is 11.0. The van der Waals surface area contributed by atoms with Gasteiger partial charge in [-0.1, -0.05) is 34.6 Å². The molecular formula is C33H48O9. The van der Waals surface area contributed by atoms with E-state index >= 15 is 0 Å². The summed E-state index contributed by atoms with van der Waals surface area (Å²) in [6, 6.07) is 0. The summed E-state index contributed by atoms with van der Waals surface area (Å²) in [5.74, 6) is -0.642.